The smallest absolute Gasteiger partial charge is 0.306 e. The fourth-order valence-electron chi connectivity index (χ4n) is 4.68. The van der Waals surface area contributed by atoms with Crippen LogP contribution >= 0.6 is 0 Å². The topological polar surface area (TPSA) is 55.8 Å². The van der Waals surface area contributed by atoms with Gasteiger partial charge in [-0.3, -0.25) is 4.79 Å². The zero-order chi connectivity index (χ0) is 33.4. The van der Waals surface area contributed by atoms with E-state index in [1.54, 1.807) is 0 Å². The van der Waals surface area contributed by atoms with Crippen LogP contribution in [0.5, 0.6) is 0 Å². The SMILES string of the molecule is CC/C=C\C/C=C\C/C=C\C/C=C\C/C=C\C/C=C\CCCCCCCOCC(CO)OC(=O)CCCCCCC/C=C\CCC. The number of carbonyl (C=O) groups is 1. The summed E-state index contributed by atoms with van der Waals surface area (Å²) in [5.41, 5.74) is 0. The lowest BCUT2D eigenvalue weighted by Gasteiger charge is -2.15. The van der Waals surface area contributed by atoms with E-state index in [4.69, 9.17) is 9.47 Å². The first-order chi connectivity index (χ1) is 22.7. The highest BCUT2D eigenvalue weighted by Gasteiger charge is 2.13. The zero-order valence-corrected chi connectivity index (χ0v) is 29.8. The zero-order valence-electron chi connectivity index (χ0n) is 29.8. The number of hydrogen-bond donors (Lipinski definition) is 1. The van der Waals surface area contributed by atoms with Crippen molar-refractivity contribution < 1.29 is 19.4 Å². The Bertz CT molecular complexity index is 846. The van der Waals surface area contributed by atoms with Crippen LogP contribution < -0.4 is 0 Å². The number of carbonyl (C=O) groups excluding carboxylic acids is 1. The molecule has 0 aliphatic heterocycles. The molecule has 0 saturated heterocycles. The van der Waals surface area contributed by atoms with Crippen LogP contribution in [-0.4, -0.2) is 37.0 Å². The number of aliphatic hydroxyl groups is 1. The molecule has 0 rings (SSSR count). The number of rotatable bonds is 33. The van der Waals surface area contributed by atoms with Crippen LogP contribution in [0.25, 0.3) is 0 Å². The second-order valence-corrected chi connectivity index (χ2v) is 11.9. The molecule has 0 fully saturated rings. The number of ether oxygens (including phenoxy) is 2. The number of esters is 1. The summed E-state index contributed by atoms with van der Waals surface area (Å²) in [6, 6.07) is 0. The first-order valence-corrected chi connectivity index (χ1v) is 18.7. The van der Waals surface area contributed by atoms with Gasteiger partial charge in [0.25, 0.3) is 0 Å². The Kier molecular flexibility index (Phi) is 36.7. The Morgan fingerprint density at radius 1 is 0.543 bits per heavy atom. The fourth-order valence-corrected chi connectivity index (χ4v) is 4.68. The molecule has 4 heteroatoms. The van der Waals surface area contributed by atoms with Gasteiger partial charge in [-0.05, 0) is 83.5 Å². The average Bonchev–Trinajstić information content (AvgIpc) is 3.06. The van der Waals surface area contributed by atoms with Gasteiger partial charge in [0.15, 0.2) is 0 Å². The van der Waals surface area contributed by atoms with E-state index in [9.17, 15) is 9.90 Å². The van der Waals surface area contributed by atoms with Crippen LogP contribution in [0.4, 0.5) is 0 Å². The van der Waals surface area contributed by atoms with E-state index in [1.165, 1.54) is 44.9 Å². The Balaban J connectivity index is 3.55. The van der Waals surface area contributed by atoms with Gasteiger partial charge in [-0.2, -0.15) is 0 Å². The molecule has 0 amide bonds. The molecule has 0 aromatic heterocycles. The molecule has 0 aromatic rings. The molecule has 4 nitrogen and oxygen atoms in total. The summed E-state index contributed by atoms with van der Waals surface area (Å²) in [6.07, 6.45) is 53.4. The van der Waals surface area contributed by atoms with Gasteiger partial charge in [-0.25, -0.2) is 0 Å². The van der Waals surface area contributed by atoms with Crippen molar-refractivity contribution >= 4 is 5.97 Å². The highest BCUT2D eigenvalue weighted by atomic mass is 16.6. The lowest BCUT2D eigenvalue weighted by Crippen LogP contribution is -2.27. The molecule has 0 spiro atoms. The maximum Gasteiger partial charge on any atom is 0.306 e. The Morgan fingerprint density at radius 3 is 1.50 bits per heavy atom. The van der Waals surface area contributed by atoms with Crippen LogP contribution in [-0.2, 0) is 14.3 Å². The summed E-state index contributed by atoms with van der Waals surface area (Å²) in [5.74, 6) is -0.225. The maximum atomic E-state index is 12.1. The maximum absolute atomic E-state index is 12.1. The third kappa shape index (κ3) is 36.0. The van der Waals surface area contributed by atoms with Crippen LogP contribution in [0, 0.1) is 0 Å². The molecular formula is C42H70O4. The van der Waals surface area contributed by atoms with Gasteiger partial charge in [0.2, 0.25) is 0 Å². The van der Waals surface area contributed by atoms with Crippen molar-refractivity contribution in [2.45, 2.75) is 155 Å². The van der Waals surface area contributed by atoms with E-state index in [1.807, 2.05) is 0 Å². The van der Waals surface area contributed by atoms with E-state index in [0.29, 0.717) is 13.0 Å². The van der Waals surface area contributed by atoms with E-state index in [2.05, 4.69) is 98.9 Å². The molecule has 1 unspecified atom stereocenters. The highest BCUT2D eigenvalue weighted by Crippen LogP contribution is 2.10. The van der Waals surface area contributed by atoms with Gasteiger partial charge in [0.05, 0.1) is 13.2 Å². The Morgan fingerprint density at radius 2 is 0.978 bits per heavy atom. The van der Waals surface area contributed by atoms with E-state index in [-0.39, 0.29) is 19.2 Å². The number of hydrogen-bond acceptors (Lipinski definition) is 4. The minimum Gasteiger partial charge on any atom is -0.457 e. The lowest BCUT2D eigenvalue weighted by molar-refractivity contribution is -0.154. The second kappa shape index (κ2) is 38.8. The van der Waals surface area contributed by atoms with Gasteiger partial charge < -0.3 is 14.6 Å². The predicted molar refractivity (Wildman–Crippen MR) is 200 cm³/mol. The van der Waals surface area contributed by atoms with Crippen molar-refractivity contribution in [1.82, 2.24) is 0 Å². The standard InChI is InChI=1S/C42H70O4/c1-3-5-7-9-11-13-15-16-17-18-19-20-21-22-23-24-25-26-27-28-30-32-34-36-38-45-40-41(39-43)46-42(44)37-35-33-31-29-14-12-10-8-6-4-2/h5,7-8,10-11,13,16-17,19-20,22-23,25-26,41,43H,3-4,6,9,12,14-15,18,21,24,27-40H2,1-2H3/b7-5-,10-8-,13-11-,17-16-,20-19-,23-22-,26-25-. The monoisotopic (exact) mass is 639 g/mol. The van der Waals surface area contributed by atoms with Gasteiger partial charge >= 0.3 is 5.97 Å². The molecule has 0 aliphatic carbocycles. The third-order valence-corrected chi connectivity index (χ3v) is 7.44. The minimum atomic E-state index is -0.552. The van der Waals surface area contributed by atoms with Gasteiger partial charge in [-0.15, -0.1) is 0 Å². The Labute approximate surface area is 284 Å². The molecular weight excluding hydrogens is 568 g/mol. The molecule has 46 heavy (non-hydrogen) atoms. The number of allylic oxidation sites excluding steroid dienone is 14. The summed E-state index contributed by atoms with van der Waals surface area (Å²) in [7, 11) is 0. The van der Waals surface area contributed by atoms with Crippen molar-refractivity contribution in [2.75, 3.05) is 19.8 Å². The number of unbranched alkanes of at least 4 members (excludes halogenated alkanes) is 11. The second-order valence-electron chi connectivity index (χ2n) is 11.9. The summed E-state index contributed by atoms with van der Waals surface area (Å²) in [5, 5.41) is 9.53. The van der Waals surface area contributed by atoms with Crippen molar-refractivity contribution in [3.63, 3.8) is 0 Å². The highest BCUT2D eigenvalue weighted by molar-refractivity contribution is 5.69. The normalized spacial score (nSPS) is 13.4. The minimum absolute atomic E-state index is 0.189. The molecule has 0 heterocycles. The molecule has 0 aliphatic rings. The number of aliphatic hydroxyl groups excluding tert-OH is 1. The van der Waals surface area contributed by atoms with E-state index >= 15 is 0 Å². The van der Waals surface area contributed by atoms with E-state index < -0.39 is 6.10 Å². The van der Waals surface area contributed by atoms with Gasteiger partial charge in [0.1, 0.15) is 6.10 Å². The largest absolute Gasteiger partial charge is 0.457 e. The molecule has 0 bridgehead atoms. The van der Waals surface area contributed by atoms with Crippen molar-refractivity contribution in [1.29, 1.82) is 0 Å². The molecule has 0 aromatic carbocycles. The third-order valence-electron chi connectivity index (χ3n) is 7.44. The summed E-state index contributed by atoms with van der Waals surface area (Å²) in [6.45, 7) is 5.09. The van der Waals surface area contributed by atoms with E-state index in [0.717, 1.165) is 83.5 Å². The van der Waals surface area contributed by atoms with Crippen molar-refractivity contribution in [3.8, 4) is 0 Å². The lowest BCUT2D eigenvalue weighted by atomic mass is 10.1. The molecule has 0 radical (unpaired) electrons. The molecule has 262 valence electrons. The fraction of sp³-hybridized carbons (Fsp3) is 0.643. The van der Waals surface area contributed by atoms with Crippen molar-refractivity contribution in [3.05, 3.63) is 85.1 Å². The molecule has 0 saturated carbocycles. The summed E-state index contributed by atoms with van der Waals surface area (Å²) < 4.78 is 11.1. The first kappa shape index (κ1) is 43.6. The summed E-state index contributed by atoms with van der Waals surface area (Å²) in [4.78, 5) is 12.1. The van der Waals surface area contributed by atoms with Gasteiger partial charge in [0, 0.05) is 13.0 Å². The quantitative estimate of drug-likeness (QED) is 0.0441. The van der Waals surface area contributed by atoms with Crippen LogP contribution in [0.15, 0.2) is 85.1 Å². The Hall–Kier alpha value is -2.43. The first-order valence-electron chi connectivity index (χ1n) is 18.7. The summed E-state index contributed by atoms with van der Waals surface area (Å²) >= 11 is 0. The van der Waals surface area contributed by atoms with Crippen LogP contribution in [0.2, 0.25) is 0 Å². The van der Waals surface area contributed by atoms with Gasteiger partial charge in [-0.1, -0.05) is 144 Å². The van der Waals surface area contributed by atoms with Crippen LogP contribution in [0.1, 0.15) is 149 Å². The van der Waals surface area contributed by atoms with Crippen molar-refractivity contribution in [2.24, 2.45) is 0 Å². The predicted octanol–water partition coefficient (Wildman–Crippen LogP) is 12.0. The molecule has 1 atom stereocenters. The average molecular weight is 639 g/mol. The molecule has 1 N–H and O–H groups in total. The van der Waals surface area contributed by atoms with Crippen LogP contribution in [0.3, 0.4) is 0 Å².